The summed E-state index contributed by atoms with van der Waals surface area (Å²) < 4.78 is 40.5. The molecule has 6 nitrogen and oxygen atoms in total. The molecule has 122 valence electrons. The van der Waals surface area contributed by atoms with Crippen LogP contribution in [0.1, 0.15) is 20.3 Å². The van der Waals surface area contributed by atoms with Gasteiger partial charge in [0.15, 0.2) is 0 Å². The summed E-state index contributed by atoms with van der Waals surface area (Å²) >= 11 is 5.69. The molecule has 0 aromatic carbocycles. The monoisotopic (exact) mass is 338 g/mol. The minimum atomic E-state index is -5.00. The maximum atomic E-state index is 13.1. The normalized spacial score (nSPS) is 23.6. The van der Waals surface area contributed by atoms with Crippen LogP contribution in [0.4, 0.5) is 13.2 Å². The molecule has 22 heavy (non-hydrogen) atoms. The lowest BCUT2D eigenvalue weighted by molar-refractivity contribution is -0.303. The van der Waals surface area contributed by atoms with Crippen molar-refractivity contribution in [1.29, 1.82) is 0 Å². The molecule has 0 saturated heterocycles. The van der Waals surface area contributed by atoms with Gasteiger partial charge in [-0.1, -0.05) is 18.5 Å². The van der Waals surface area contributed by atoms with E-state index in [1.807, 2.05) is 0 Å². The maximum absolute atomic E-state index is 13.1. The van der Waals surface area contributed by atoms with Gasteiger partial charge in [0.2, 0.25) is 5.91 Å². The number of nitrogens with zero attached hydrogens (tertiary/aromatic N) is 4. The first-order valence-electron chi connectivity index (χ1n) is 6.40. The zero-order chi connectivity index (χ0) is 16.7. The van der Waals surface area contributed by atoms with E-state index in [-0.39, 0.29) is 17.3 Å². The zero-order valence-electron chi connectivity index (χ0n) is 11.8. The van der Waals surface area contributed by atoms with Gasteiger partial charge in [-0.05, 0) is 6.92 Å². The van der Waals surface area contributed by atoms with Crippen molar-refractivity contribution >= 4 is 23.2 Å². The Morgan fingerprint density at radius 2 is 2.23 bits per heavy atom. The van der Waals surface area contributed by atoms with Crippen molar-refractivity contribution in [3.8, 4) is 0 Å². The van der Waals surface area contributed by atoms with Crippen molar-refractivity contribution < 1.29 is 23.1 Å². The molecule has 10 heteroatoms. The fraction of sp³-hybridized carbons (Fsp3) is 0.583. The lowest BCUT2D eigenvalue weighted by atomic mass is 10.1. The largest absolute Gasteiger partial charge is 0.438 e. The highest BCUT2D eigenvalue weighted by Gasteiger charge is 2.62. The van der Waals surface area contributed by atoms with E-state index in [1.54, 1.807) is 0 Å². The summed E-state index contributed by atoms with van der Waals surface area (Å²) in [5.74, 6) is -1.82. The minimum absolute atomic E-state index is 0.0184. The molecular weight excluding hydrogens is 325 g/mol. The predicted molar refractivity (Wildman–Crippen MR) is 72.0 cm³/mol. The third-order valence-electron chi connectivity index (χ3n) is 3.27. The summed E-state index contributed by atoms with van der Waals surface area (Å²) in [6, 6.07) is 0. The second-order valence-corrected chi connectivity index (χ2v) is 5.69. The summed E-state index contributed by atoms with van der Waals surface area (Å²) in [5, 5.41) is 17.8. The molecule has 2 heterocycles. The van der Waals surface area contributed by atoms with Crippen molar-refractivity contribution in [2.24, 2.45) is 11.0 Å². The molecule has 0 fully saturated rings. The SMILES string of the molecule is CC1=NN(C(=O)[C@@H](C)Cn2cc(Cl)cn2)[C@@](O)(C(F)(F)F)C1. The van der Waals surface area contributed by atoms with Crippen molar-refractivity contribution in [3.05, 3.63) is 17.4 Å². The molecule has 2 rings (SSSR count). The van der Waals surface area contributed by atoms with Gasteiger partial charge in [0.1, 0.15) is 0 Å². The van der Waals surface area contributed by atoms with Gasteiger partial charge in [-0.25, -0.2) is 0 Å². The molecule has 1 N–H and O–H groups in total. The Balaban J connectivity index is 2.19. The highest BCUT2D eigenvalue weighted by molar-refractivity contribution is 6.30. The van der Waals surface area contributed by atoms with Crippen LogP contribution in [-0.4, -0.2) is 43.4 Å². The van der Waals surface area contributed by atoms with Crippen LogP contribution in [0.15, 0.2) is 17.5 Å². The number of aliphatic hydroxyl groups is 1. The zero-order valence-corrected chi connectivity index (χ0v) is 12.6. The smallest absolute Gasteiger partial charge is 0.362 e. The number of hydrazone groups is 1. The van der Waals surface area contributed by atoms with E-state index < -0.39 is 30.1 Å². The van der Waals surface area contributed by atoms with Gasteiger partial charge in [-0.2, -0.15) is 28.4 Å². The van der Waals surface area contributed by atoms with E-state index in [0.717, 1.165) is 0 Å². The Bertz CT molecular complexity index is 616. The molecule has 0 radical (unpaired) electrons. The van der Waals surface area contributed by atoms with Gasteiger partial charge in [-0.15, -0.1) is 0 Å². The number of amides is 1. The molecule has 0 unspecified atom stereocenters. The van der Waals surface area contributed by atoms with Crippen LogP contribution in [0.25, 0.3) is 0 Å². The summed E-state index contributed by atoms with van der Waals surface area (Å²) in [5.41, 5.74) is -3.27. The Kier molecular flexibility index (Phi) is 4.22. The number of halogens is 4. The fourth-order valence-electron chi connectivity index (χ4n) is 2.18. The maximum Gasteiger partial charge on any atom is 0.438 e. The summed E-state index contributed by atoms with van der Waals surface area (Å²) in [4.78, 5) is 12.2. The predicted octanol–water partition coefficient (Wildman–Crippen LogP) is 2.03. The van der Waals surface area contributed by atoms with Crippen LogP contribution < -0.4 is 0 Å². The van der Waals surface area contributed by atoms with Crippen molar-refractivity contribution in [2.45, 2.75) is 38.7 Å². The van der Waals surface area contributed by atoms with E-state index in [2.05, 4.69) is 10.2 Å². The molecule has 1 amide bonds. The van der Waals surface area contributed by atoms with E-state index in [9.17, 15) is 23.1 Å². The Morgan fingerprint density at radius 3 is 2.73 bits per heavy atom. The van der Waals surface area contributed by atoms with Gasteiger partial charge in [0, 0.05) is 18.3 Å². The Labute approximate surface area is 129 Å². The van der Waals surface area contributed by atoms with Gasteiger partial charge in [-0.3, -0.25) is 9.48 Å². The summed E-state index contributed by atoms with van der Waals surface area (Å²) in [6.45, 7) is 2.77. The topological polar surface area (TPSA) is 70.7 Å². The fourth-order valence-corrected chi connectivity index (χ4v) is 2.33. The molecule has 1 aromatic rings. The van der Waals surface area contributed by atoms with Crippen LogP contribution in [0.3, 0.4) is 0 Å². The first-order chi connectivity index (χ1) is 10.0. The first kappa shape index (κ1) is 16.8. The summed E-state index contributed by atoms with van der Waals surface area (Å²) in [6.07, 6.45) is -2.97. The summed E-state index contributed by atoms with van der Waals surface area (Å²) in [7, 11) is 0. The number of carbonyl (C=O) groups excluding carboxylic acids is 1. The van der Waals surface area contributed by atoms with Gasteiger partial charge in [0.25, 0.3) is 5.72 Å². The second kappa shape index (κ2) is 5.54. The third kappa shape index (κ3) is 2.95. The van der Waals surface area contributed by atoms with E-state index >= 15 is 0 Å². The van der Waals surface area contributed by atoms with E-state index in [1.165, 1.54) is 30.9 Å². The molecule has 1 aliphatic heterocycles. The standard InChI is InChI=1S/C12H14ClF3N4O2/c1-7(5-19-6-9(13)4-17-19)10(21)20-11(22,12(14,15)16)3-8(2)18-20/h4,6-7,22H,3,5H2,1-2H3/t7-,11-/m0/s1. The Hall–Kier alpha value is -1.61. The number of hydrogen-bond acceptors (Lipinski definition) is 4. The molecular formula is C12H14ClF3N4O2. The molecule has 2 atom stereocenters. The number of hydrogen-bond donors (Lipinski definition) is 1. The minimum Gasteiger partial charge on any atom is -0.362 e. The quantitative estimate of drug-likeness (QED) is 0.916. The highest BCUT2D eigenvalue weighted by Crippen LogP contribution is 2.40. The lowest BCUT2D eigenvalue weighted by Crippen LogP contribution is -2.57. The number of aromatic nitrogens is 2. The van der Waals surface area contributed by atoms with E-state index in [0.29, 0.717) is 5.02 Å². The highest BCUT2D eigenvalue weighted by atomic mass is 35.5. The van der Waals surface area contributed by atoms with Gasteiger partial charge in [0.05, 0.1) is 23.7 Å². The number of carbonyl (C=O) groups is 1. The third-order valence-corrected chi connectivity index (χ3v) is 3.47. The average molecular weight is 339 g/mol. The van der Waals surface area contributed by atoms with Crippen LogP contribution in [0.5, 0.6) is 0 Å². The van der Waals surface area contributed by atoms with Crippen molar-refractivity contribution in [2.75, 3.05) is 0 Å². The van der Waals surface area contributed by atoms with Crippen LogP contribution in [-0.2, 0) is 11.3 Å². The van der Waals surface area contributed by atoms with Gasteiger partial charge < -0.3 is 5.11 Å². The molecule has 0 spiro atoms. The number of alkyl halides is 3. The second-order valence-electron chi connectivity index (χ2n) is 5.26. The van der Waals surface area contributed by atoms with Gasteiger partial charge >= 0.3 is 6.18 Å². The van der Waals surface area contributed by atoms with E-state index in [4.69, 9.17) is 11.6 Å². The molecule has 0 bridgehead atoms. The molecule has 1 aromatic heterocycles. The average Bonchev–Trinajstić information content (AvgIpc) is 2.92. The van der Waals surface area contributed by atoms with Crippen molar-refractivity contribution in [3.63, 3.8) is 0 Å². The van der Waals surface area contributed by atoms with Crippen LogP contribution in [0, 0.1) is 5.92 Å². The molecule has 0 saturated carbocycles. The van der Waals surface area contributed by atoms with Crippen LogP contribution in [0.2, 0.25) is 5.02 Å². The van der Waals surface area contributed by atoms with Crippen molar-refractivity contribution in [1.82, 2.24) is 14.8 Å². The lowest BCUT2D eigenvalue weighted by Gasteiger charge is -2.33. The first-order valence-corrected chi connectivity index (χ1v) is 6.77. The Morgan fingerprint density at radius 1 is 1.59 bits per heavy atom. The molecule has 0 aliphatic carbocycles. The molecule has 1 aliphatic rings. The van der Waals surface area contributed by atoms with Crippen LogP contribution >= 0.6 is 11.6 Å². The number of rotatable bonds is 3.